The summed E-state index contributed by atoms with van der Waals surface area (Å²) in [5.41, 5.74) is 0. The van der Waals surface area contributed by atoms with Crippen LogP contribution >= 0.6 is 11.8 Å². The molecule has 0 radical (unpaired) electrons. The highest BCUT2D eigenvalue weighted by Crippen LogP contribution is 2.22. The number of piperazine rings is 1. The summed E-state index contributed by atoms with van der Waals surface area (Å²) in [5.74, 6) is 1.70. The second-order valence-corrected chi connectivity index (χ2v) is 8.83. The van der Waals surface area contributed by atoms with Gasteiger partial charge in [0.2, 0.25) is 11.8 Å². The van der Waals surface area contributed by atoms with Crippen LogP contribution in [0.3, 0.4) is 0 Å². The molecule has 2 saturated heterocycles. The fourth-order valence-electron chi connectivity index (χ4n) is 3.94. The summed E-state index contributed by atoms with van der Waals surface area (Å²) in [6.45, 7) is 9.08. The Hall–Kier alpha value is -1.73. The number of carbonyl (C=O) groups excluding carboxylic acids is 2. The molecule has 2 aliphatic heterocycles. The Labute approximate surface area is 178 Å². The zero-order valence-corrected chi connectivity index (χ0v) is 18.5. The first-order valence-corrected chi connectivity index (χ1v) is 11.7. The van der Waals surface area contributed by atoms with Crippen LogP contribution in [0.15, 0.2) is 29.2 Å². The highest BCUT2D eigenvalue weighted by Gasteiger charge is 2.27. The van der Waals surface area contributed by atoms with Gasteiger partial charge in [0, 0.05) is 43.7 Å². The number of thioether (sulfide) groups is 1. The fourth-order valence-corrected chi connectivity index (χ4v) is 4.74. The van der Waals surface area contributed by atoms with E-state index < -0.39 is 0 Å². The van der Waals surface area contributed by atoms with E-state index >= 15 is 0 Å². The molecule has 0 aromatic heterocycles. The van der Waals surface area contributed by atoms with Crippen LogP contribution in [0.2, 0.25) is 0 Å². The van der Waals surface area contributed by atoms with Gasteiger partial charge in [-0.3, -0.25) is 14.5 Å². The minimum Gasteiger partial charge on any atom is -0.494 e. The second kappa shape index (κ2) is 10.9. The van der Waals surface area contributed by atoms with Crippen molar-refractivity contribution in [2.75, 3.05) is 51.6 Å². The van der Waals surface area contributed by atoms with E-state index in [4.69, 9.17) is 4.74 Å². The van der Waals surface area contributed by atoms with Gasteiger partial charge < -0.3 is 14.5 Å². The summed E-state index contributed by atoms with van der Waals surface area (Å²) >= 11 is 1.56. The molecule has 1 aromatic carbocycles. The Morgan fingerprint density at radius 2 is 1.76 bits per heavy atom. The fraction of sp³-hybridized carbons (Fsp3) is 0.636. The van der Waals surface area contributed by atoms with Gasteiger partial charge in [-0.2, -0.15) is 0 Å². The summed E-state index contributed by atoms with van der Waals surface area (Å²) in [5, 5.41) is 0. The zero-order valence-electron chi connectivity index (χ0n) is 17.6. The van der Waals surface area contributed by atoms with Crippen LogP contribution in [0.5, 0.6) is 5.75 Å². The smallest absolute Gasteiger partial charge is 0.236 e. The van der Waals surface area contributed by atoms with E-state index in [1.807, 2.05) is 41.0 Å². The van der Waals surface area contributed by atoms with E-state index in [1.54, 1.807) is 11.8 Å². The maximum Gasteiger partial charge on any atom is 0.236 e. The molecule has 0 spiro atoms. The van der Waals surface area contributed by atoms with E-state index in [0.29, 0.717) is 38.0 Å². The van der Waals surface area contributed by atoms with Crippen molar-refractivity contribution >= 4 is 23.6 Å². The number of hydrogen-bond acceptors (Lipinski definition) is 5. The predicted octanol–water partition coefficient (Wildman–Crippen LogP) is 2.72. The third-order valence-corrected chi connectivity index (χ3v) is 6.70. The lowest BCUT2D eigenvalue weighted by Crippen LogP contribution is -2.53. The Kier molecular flexibility index (Phi) is 8.24. The molecule has 2 amide bonds. The van der Waals surface area contributed by atoms with Crippen LogP contribution in [0.1, 0.15) is 33.1 Å². The summed E-state index contributed by atoms with van der Waals surface area (Å²) < 4.78 is 5.45. The zero-order chi connectivity index (χ0) is 20.6. The summed E-state index contributed by atoms with van der Waals surface area (Å²) in [7, 11) is 0. The van der Waals surface area contributed by atoms with Gasteiger partial charge in [-0.1, -0.05) is 0 Å². The van der Waals surface area contributed by atoms with E-state index in [9.17, 15) is 9.59 Å². The molecular formula is C22H33N3O3S. The van der Waals surface area contributed by atoms with Crippen LogP contribution < -0.4 is 4.74 Å². The molecule has 160 valence electrons. The van der Waals surface area contributed by atoms with E-state index in [2.05, 4.69) is 11.8 Å². The minimum atomic E-state index is 0.166. The second-order valence-electron chi connectivity index (χ2n) is 7.78. The van der Waals surface area contributed by atoms with Crippen LogP contribution in [0, 0.1) is 0 Å². The van der Waals surface area contributed by atoms with E-state index in [0.717, 1.165) is 43.1 Å². The van der Waals surface area contributed by atoms with Crippen molar-refractivity contribution in [1.82, 2.24) is 14.7 Å². The molecule has 1 aromatic rings. The minimum absolute atomic E-state index is 0.166. The summed E-state index contributed by atoms with van der Waals surface area (Å²) in [6, 6.07) is 8.23. The first-order valence-electron chi connectivity index (χ1n) is 10.7. The standard InChI is InChI=1S/C22H33N3O3S/c1-3-28-19-7-9-20(10-8-19)29-17-22(27)24-14-12-23(13-15-24)16-21(26)25-11-5-4-6-18(25)2/h7-10,18H,3-6,11-17H2,1-2H3. The number of nitrogens with zero attached hydrogens (tertiary/aromatic N) is 3. The molecule has 2 aliphatic rings. The Bertz CT molecular complexity index is 674. The van der Waals surface area contributed by atoms with Gasteiger partial charge in [-0.25, -0.2) is 0 Å². The van der Waals surface area contributed by atoms with Gasteiger partial charge in [0.25, 0.3) is 0 Å². The molecule has 0 bridgehead atoms. The van der Waals surface area contributed by atoms with Crippen molar-refractivity contribution in [3.8, 4) is 5.75 Å². The van der Waals surface area contributed by atoms with Gasteiger partial charge in [-0.15, -0.1) is 11.8 Å². The molecule has 0 aliphatic carbocycles. The number of likely N-dealkylation sites (tertiary alicyclic amines) is 1. The molecule has 1 unspecified atom stereocenters. The molecule has 0 N–H and O–H groups in total. The van der Waals surface area contributed by atoms with Gasteiger partial charge in [0.1, 0.15) is 5.75 Å². The number of rotatable bonds is 7. The van der Waals surface area contributed by atoms with E-state index in [-0.39, 0.29) is 11.8 Å². The Morgan fingerprint density at radius 1 is 1.03 bits per heavy atom. The van der Waals surface area contributed by atoms with Gasteiger partial charge in [0.05, 0.1) is 18.9 Å². The van der Waals surface area contributed by atoms with Crippen molar-refractivity contribution < 1.29 is 14.3 Å². The highest BCUT2D eigenvalue weighted by molar-refractivity contribution is 8.00. The Balaban J connectivity index is 1.38. The lowest BCUT2D eigenvalue weighted by molar-refractivity contribution is -0.136. The Morgan fingerprint density at radius 3 is 2.41 bits per heavy atom. The third-order valence-electron chi connectivity index (χ3n) is 5.70. The monoisotopic (exact) mass is 419 g/mol. The van der Waals surface area contributed by atoms with Crippen molar-refractivity contribution in [1.29, 1.82) is 0 Å². The number of piperidine rings is 1. The number of hydrogen-bond donors (Lipinski definition) is 0. The number of carbonyl (C=O) groups is 2. The van der Waals surface area contributed by atoms with E-state index in [1.165, 1.54) is 6.42 Å². The SMILES string of the molecule is CCOc1ccc(SCC(=O)N2CCN(CC(=O)N3CCCCC3C)CC2)cc1. The molecular weight excluding hydrogens is 386 g/mol. The molecule has 0 saturated carbocycles. The van der Waals surface area contributed by atoms with Crippen LogP contribution in [-0.4, -0.2) is 84.2 Å². The van der Waals surface area contributed by atoms with Crippen LogP contribution in [-0.2, 0) is 9.59 Å². The molecule has 2 heterocycles. The molecule has 6 nitrogen and oxygen atoms in total. The van der Waals surface area contributed by atoms with Gasteiger partial charge in [0.15, 0.2) is 0 Å². The lowest BCUT2D eigenvalue weighted by atomic mass is 10.0. The van der Waals surface area contributed by atoms with Gasteiger partial charge in [-0.05, 0) is 57.4 Å². The normalized spacial score (nSPS) is 20.6. The maximum absolute atomic E-state index is 12.6. The first-order chi connectivity index (χ1) is 14.1. The number of amides is 2. The van der Waals surface area contributed by atoms with Crippen molar-refractivity contribution in [3.63, 3.8) is 0 Å². The quantitative estimate of drug-likeness (QED) is 0.636. The number of benzene rings is 1. The molecule has 29 heavy (non-hydrogen) atoms. The predicted molar refractivity (Wildman–Crippen MR) is 116 cm³/mol. The largest absolute Gasteiger partial charge is 0.494 e. The number of ether oxygens (including phenoxy) is 1. The summed E-state index contributed by atoms with van der Waals surface area (Å²) in [6.07, 6.45) is 3.45. The first kappa shape index (κ1) is 22.0. The van der Waals surface area contributed by atoms with Crippen molar-refractivity contribution in [3.05, 3.63) is 24.3 Å². The highest BCUT2D eigenvalue weighted by atomic mass is 32.2. The maximum atomic E-state index is 12.6. The molecule has 7 heteroatoms. The molecule has 1 atom stereocenters. The topological polar surface area (TPSA) is 53.1 Å². The van der Waals surface area contributed by atoms with Gasteiger partial charge >= 0.3 is 0 Å². The molecule has 3 rings (SSSR count). The molecule has 2 fully saturated rings. The average Bonchev–Trinajstić information content (AvgIpc) is 2.74. The summed E-state index contributed by atoms with van der Waals surface area (Å²) in [4.78, 5) is 32.4. The average molecular weight is 420 g/mol. The van der Waals surface area contributed by atoms with Crippen LogP contribution in [0.4, 0.5) is 0 Å². The third kappa shape index (κ3) is 6.37. The van der Waals surface area contributed by atoms with Crippen LogP contribution in [0.25, 0.3) is 0 Å². The lowest BCUT2D eigenvalue weighted by Gasteiger charge is -2.38. The van der Waals surface area contributed by atoms with Crippen molar-refractivity contribution in [2.45, 2.75) is 44.0 Å². The van der Waals surface area contributed by atoms with Crippen molar-refractivity contribution in [2.24, 2.45) is 0 Å².